The fourth-order valence-corrected chi connectivity index (χ4v) is 5.14. The van der Waals surface area contributed by atoms with Gasteiger partial charge >= 0.3 is 0 Å². The van der Waals surface area contributed by atoms with Crippen LogP contribution in [0, 0.1) is 5.92 Å². The Morgan fingerprint density at radius 3 is 2.50 bits per heavy atom. The minimum Gasteiger partial charge on any atom is -0.486 e. The number of ether oxygens (including phenoxy) is 1. The maximum absolute atomic E-state index is 13.2. The number of benzene rings is 2. The summed E-state index contributed by atoms with van der Waals surface area (Å²) < 4.78 is 8.10. The first-order valence-electron chi connectivity index (χ1n) is 12.1. The van der Waals surface area contributed by atoms with Crippen LogP contribution in [0.1, 0.15) is 50.2 Å². The minimum atomic E-state index is -0.240. The van der Waals surface area contributed by atoms with Crippen molar-refractivity contribution >= 4 is 17.7 Å². The van der Waals surface area contributed by atoms with E-state index in [1.807, 2.05) is 30.0 Å². The van der Waals surface area contributed by atoms with Gasteiger partial charge in [-0.15, -0.1) is 10.2 Å². The summed E-state index contributed by atoms with van der Waals surface area (Å²) in [7, 11) is 0. The van der Waals surface area contributed by atoms with Gasteiger partial charge < -0.3 is 14.2 Å². The molecule has 6 nitrogen and oxygen atoms in total. The van der Waals surface area contributed by atoms with Crippen LogP contribution in [0.25, 0.3) is 0 Å². The SMILES string of the molecule is CCc1ccc(OCc2nnc(SC(C)C(=O)N3CCc4ccccc4C3)n2CC(C)C)cc1. The molecule has 1 amide bonds. The summed E-state index contributed by atoms with van der Waals surface area (Å²) in [6, 6.07) is 16.5. The third-order valence-corrected chi connectivity index (χ3v) is 7.18. The molecule has 0 radical (unpaired) electrons. The first kappa shape index (κ1) is 24.3. The Morgan fingerprint density at radius 1 is 1.06 bits per heavy atom. The minimum absolute atomic E-state index is 0.146. The molecule has 0 N–H and O–H groups in total. The number of carbonyl (C=O) groups excluding carboxylic acids is 1. The summed E-state index contributed by atoms with van der Waals surface area (Å²) >= 11 is 1.49. The molecule has 0 spiro atoms. The fraction of sp³-hybridized carbons (Fsp3) is 0.444. The normalized spacial score (nSPS) is 14.2. The van der Waals surface area contributed by atoms with Gasteiger partial charge in [-0.2, -0.15) is 0 Å². The van der Waals surface area contributed by atoms with Crippen LogP contribution in [0.4, 0.5) is 0 Å². The lowest BCUT2D eigenvalue weighted by atomic mass is 10.00. The van der Waals surface area contributed by atoms with Gasteiger partial charge in [0, 0.05) is 19.6 Å². The second kappa shape index (κ2) is 11.1. The highest BCUT2D eigenvalue weighted by Gasteiger charge is 2.27. The van der Waals surface area contributed by atoms with Gasteiger partial charge in [-0.25, -0.2) is 0 Å². The molecule has 34 heavy (non-hydrogen) atoms. The fourth-order valence-electron chi connectivity index (χ4n) is 4.18. The van der Waals surface area contributed by atoms with E-state index in [1.165, 1.54) is 28.5 Å². The highest BCUT2D eigenvalue weighted by atomic mass is 32.2. The van der Waals surface area contributed by atoms with E-state index in [9.17, 15) is 4.79 Å². The third kappa shape index (κ3) is 5.81. The van der Waals surface area contributed by atoms with Crippen molar-refractivity contribution in [2.75, 3.05) is 6.54 Å². The molecule has 2 heterocycles. The van der Waals surface area contributed by atoms with E-state index < -0.39 is 0 Å². The molecule has 2 aromatic carbocycles. The number of amides is 1. The molecule has 0 saturated carbocycles. The number of fused-ring (bicyclic) bond motifs is 1. The molecule has 180 valence electrons. The average Bonchev–Trinajstić information content (AvgIpc) is 3.22. The van der Waals surface area contributed by atoms with Gasteiger partial charge in [0.1, 0.15) is 12.4 Å². The van der Waals surface area contributed by atoms with Crippen molar-refractivity contribution in [2.24, 2.45) is 5.92 Å². The Balaban J connectivity index is 1.43. The van der Waals surface area contributed by atoms with Crippen LogP contribution in [-0.4, -0.2) is 37.4 Å². The van der Waals surface area contributed by atoms with Crippen LogP contribution in [0.15, 0.2) is 53.7 Å². The van der Waals surface area contributed by atoms with Crippen LogP contribution in [0.3, 0.4) is 0 Å². The van der Waals surface area contributed by atoms with Crippen molar-refractivity contribution in [3.63, 3.8) is 0 Å². The van der Waals surface area contributed by atoms with Crippen LogP contribution in [0.2, 0.25) is 0 Å². The number of hydrogen-bond donors (Lipinski definition) is 0. The van der Waals surface area contributed by atoms with Crippen LogP contribution in [0.5, 0.6) is 5.75 Å². The Bertz CT molecular complexity index is 1110. The van der Waals surface area contributed by atoms with Crippen molar-refractivity contribution in [3.05, 3.63) is 71.0 Å². The highest BCUT2D eigenvalue weighted by molar-refractivity contribution is 8.00. The quantitative estimate of drug-likeness (QED) is 0.399. The first-order valence-corrected chi connectivity index (χ1v) is 13.0. The molecule has 1 aliphatic rings. The maximum atomic E-state index is 13.2. The Kier molecular flexibility index (Phi) is 7.93. The Hall–Kier alpha value is -2.80. The number of thioether (sulfide) groups is 1. The summed E-state index contributed by atoms with van der Waals surface area (Å²) in [5.41, 5.74) is 3.87. The molecule has 1 atom stereocenters. The van der Waals surface area contributed by atoms with Gasteiger partial charge in [-0.05, 0) is 54.5 Å². The van der Waals surface area contributed by atoms with Crippen molar-refractivity contribution in [1.29, 1.82) is 0 Å². The highest BCUT2D eigenvalue weighted by Crippen LogP contribution is 2.27. The molecule has 1 aliphatic heterocycles. The van der Waals surface area contributed by atoms with E-state index in [0.29, 0.717) is 19.1 Å². The largest absolute Gasteiger partial charge is 0.486 e. The van der Waals surface area contributed by atoms with Gasteiger partial charge in [0.05, 0.1) is 5.25 Å². The molecule has 0 bridgehead atoms. The predicted molar refractivity (Wildman–Crippen MR) is 136 cm³/mol. The summed E-state index contributed by atoms with van der Waals surface area (Å²) in [6.45, 7) is 11.0. The van der Waals surface area contributed by atoms with Gasteiger partial charge in [0.15, 0.2) is 11.0 Å². The maximum Gasteiger partial charge on any atom is 0.236 e. The van der Waals surface area contributed by atoms with Crippen LogP contribution < -0.4 is 4.74 Å². The van der Waals surface area contributed by atoms with E-state index in [1.54, 1.807) is 0 Å². The van der Waals surface area contributed by atoms with Crippen molar-refractivity contribution in [1.82, 2.24) is 19.7 Å². The number of rotatable bonds is 9. The smallest absolute Gasteiger partial charge is 0.236 e. The van der Waals surface area contributed by atoms with Gasteiger partial charge in [0.25, 0.3) is 0 Å². The van der Waals surface area contributed by atoms with E-state index in [2.05, 4.69) is 65.9 Å². The van der Waals surface area contributed by atoms with Crippen molar-refractivity contribution in [2.45, 2.75) is 70.6 Å². The molecule has 0 fully saturated rings. The van der Waals surface area contributed by atoms with Crippen molar-refractivity contribution < 1.29 is 9.53 Å². The zero-order valence-corrected chi connectivity index (χ0v) is 21.3. The standard InChI is InChI=1S/C27H34N4O2S/c1-5-21-10-12-24(13-11-21)33-18-25-28-29-27(31(25)16-19(2)3)34-20(4)26(32)30-15-14-22-8-6-7-9-23(22)17-30/h6-13,19-20H,5,14-18H2,1-4H3. The number of aromatic nitrogens is 3. The summed E-state index contributed by atoms with van der Waals surface area (Å²) in [5.74, 6) is 2.16. The zero-order valence-electron chi connectivity index (χ0n) is 20.5. The van der Waals surface area contributed by atoms with Crippen molar-refractivity contribution in [3.8, 4) is 5.75 Å². The van der Waals surface area contributed by atoms with Gasteiger partial charge in [-0.1, -0.05) is 68.9 Å². The lowest BCUT2D eigenvalue weighted by Gasteiger charge is -2.30. The van der Waals surface area contributed by atoms with Crippen LogP contribution >= 0.6 is 11.8 Å². The Morgan fingerprint density at radius 2 is 1.79 bits per heavy atom. The second-order valence-corrected chi connectivity index (χ2v) is 10.5. The number of nitrogens with zero attached hydrogens (tertiary/aromatic N) is 4. The molecule has 0 aliphatic carbocycles. The number of hydrogen-bond acceptors (Lipinski definition) is 5. The first-order chi connectivity index (χ1) is 16.4. The summed E-state index contributed by atoms with van der Waals surface area (Å²) in [6.07, 6.45) is 1.91. The zero-order chi connectivity index (χ0) is 24.1. The number of aryl methyl sites for hydroxylation is 1. The molecule has 4 rings (SSSR count). The lowest BCUT2D eigenvalue weighted by Crippen LogP contribution is -2.40. The van der Waals surface area contributed by atoms with E-state index in [4.69, 9.17) is 4.74 Å². The lowest BCUT2D eigenvalue weighted by molar-refractivity contribution is -0.131. The average molecular weight is 479 g/mol. The summed E-state index contributed by atoms with van der Waals surface area (Å²) in [4.78, 5) is 15.2. The topological polar surface area (TPSA) is 60.3 Å². The molecular formula is C27H34N4O2S. The van der Waals surface area contributed by atoms with Gasteiger partial charge in [-0.3, -0.25) is 4.79 Å². The van der Waals surface area contributed by atoms with Crippen LogP contribution in [-0.2, 0) is 37.3 Å². The van der Waals surface area contributed by atoms with E-state index in [0.717, 1.165) is 42.7 Å². The van der Waals surface area contributed by atoms with E-state index in [-0.39, 0.29) is 11.2 Å². The third-order valence-electron chi connectivity index (χ3n) is 6.11. The molecule has 7 heteroatoms. The number of carbonyl (C=O) groups is 1. The van der Waals surface area contributed by atoms with E-state index >= 15 is 0 Å². The summed E-state index contributed by atoms with van der Waals surface area (Å²) in [5, 5.41) is 9.38. The monoisotopic (exact) mass is 478 g/mol. The molecular weight excluding hydrogens is 444 g/mol. The Labute approximate surface area is 206 Å². The molecule has 1 unspecified atom stereocenters. The predicted octanol–water partition coefficient (Wildman–Crippen LogP) is 5.14. The second-order valence-electron chi connectivity index (χ2n) is 9.23. The molecule has 0 saturated heterocycles. The molecule has 1 aromatic heterocycles. The molecule has 3 aromatic rings. The van der Waals surface area contributed by atoms with Gasteiger partial charge in [0.2, 0.25) is 5.91 Å².